The third kappa shape index (κ3) is 13.5. The summed E-state index contributed by atoms with van der Waals surface area (Å²) in [6, 6.07) is 0. The van der Waals surface area contributed by atoms with Gasteiger partial charge >= 0.3 is 11.9 Å². The van der Waals surface area contributed by atoms with Crippen LogP contribution in [0.2, 0.25) is 0 Å². The van der Waals surface area contributed by atoms with Crippen molar-refractivity contribution < 1.29 is 19.1 Å². The van der Waals surface area contributed by atoms with Crippen LogP contribution < -0.4 is 0 Å². The van der Waals surface area contributed by atoms with Crippen LogP contribution in [0, 0.1) is 11.8 Å². The van der Waals surface area contributed by atoms with E-state index in [0.717, 1.165) is 11.5 Å². The molecule has 0 atom stereocenters. The van der Waals surface area contributed by atoms with Crippen LogP contribution >= 0.6 is 11.8 Å². The Morgan fingerprint density at radius 1 is 0.842 bits per heavy atom. The van der Waals surface area contributed by atoms with Crippen LogP contribution in [0.1, 0.15) is 40.5 Å². The first-order valence-corrected chi connectivity index (χ1v) is 7.96. The number of carbonyl (C=O) groups excluding carboxylic acids is 2. The van der Waals surface area contributed by atoms with Crippen LogP contribution in [0.25, 0.3) is 0 Å². The molecule has 0 heterocycles. The largest absolute Gasteiger partial charge is 0.465 e. The van der Waals surface area contributed by atoms with Crippen molar-refractivity contribution in [2.75, 3.05) is 24.7 Å². The highest BCUT2D eigenvalue weighted by atomic mass is 32.2. The molecule has 19 heavy (non-hydrogen) atoms. The van der Waals surface area contributed by atoms with Crippen molar-refractivity contribution in [1.82, 2.24) is 0 Å². The summed E-state index contributed by atoms with van der Waals surface area (Å²) in [5.74, 6) is 1.87. The lowest BCUT2D eigenvalue weighted by Crippen LogP contribution is -2.12. The topological polar surface area (TPSA) is 52.6 Å². The molecule has 0 radical (unpaired) electrons. The van der Waals surface area contributed by atoms with E-state index in [1.54, 1.807) is 11.8 Å². The van der Waals surface area contributed by atoms with Gasteiger partial charge in [0.1, 0.15) is 13.2 Å². The van der Waals surface area contributed by atoms with Crippen LogP contribution in [0.3, 0.4) is 0 Å². The molecule has 0 rings (SSSR count). The molecule has 0 bridgehead atoms. The van der Waals surface area contributed by atoms with Crippen molar-refractivity contribution in [2.45, 2.75) is 40.5 Å². The lowest BCUT2D eigenvalue weighted by molar-refractivity contribution is -0.144. The second kappa shape index (κ2) is 11.1. The van der Waals surface area contributed by atoms with E-state index in [2.05, 4.69) is 0 Å². The van der Waals surface area contributed by atoms with Gasteiger partial charge in [-0.3, -0.25) is 9.59 Å². The molecule has 0 aromatic carbocycles. The van der Waals surface area contributed by atoms with Crippen molar-refractivity contribution in [3.63, 3.8) is 0 Å². The second-order valence-corrected chi connectivity index (χ2v) is 6.47. The van der Waals surface area contributed by atoms with E-state index in [-0.39, 0.29) is 11.9 Å². The Labute approximate surface area is 120 Å². The van der Waals surface area contributed by atoms with Crippen LogP contribution in [0.4, 0.5) is 0 Å². The normalized spacial score (nSPS) is 10.8. The van der Waals surface area contributed by atoms with Gasteiger partial charge in [0.15, 0.2) is 0 Å². The maximum atomic E-state index is 11.2. The number of ether oxygens (including phenoxy) is 2. The van der Waals surface area contributed by atoms with E-state index < -0.39 is 0 Å². The Balaban J connectivity index is 3.32. The summed E-state index contributed by atoms with van der Waals surface area (Å²) < 4.78 is 10.1. The Hall–Kier alpha value is -0.710. The van der Waals surface area contributed by atoms with Gasteiger partial charge in [-0.1, -0.05) is 27.7 Å². The Morgan fingerprint density at radius 2 is 1.21 bits per heavy atom. The van der Waals surface area contributed by atoms with Gasteiger partial charge in [0.05, 0.1) is 0 Å². The summed E-state index contributed by atoms with van der Waals surface area (Å²) in [7, 11) is 0. The maximum absolute atomic E-state index is 11.2. The van der Waals surface area contributed by atoms with Crippen molar-refractivity contribution >= 4 is 23.7 Å². The first-order chi connectivity index (χ1) is 8.91. The van der Waals surface area contributed by atoms with Crippen molar-refractivity contribution in [3.8, 4) is 0 Å². The number of rotatable bonds is 10. The minimum absolute atomic E-state index is 0.140. The predicted octanol–water partition coefficient (Wildman–Crippen LogP) is 2.90. The highest BCUT2D eigenvalue weighted by Crippen LogP contribution is 2.05. The fourth-order valence-electron chi connectivity index (χ4n) is 1.32. The van der Waals surface area contributed by atoms with Crippen LogP contribution in [0.15, 0.2) is 0 Å². The first kappa shape index (κ1) is 18.3. The summed E-state index contributed by atoms with van der Waals surface area (Å²) in [5.41, 5.74) is 0. The Bertz CT molecular complexity index is 238. The van der Waals surface area contributed by atoms with E-state index in [1.807, 2.05) is 27.7 Å². The lowest BCUT2D eigenvalue weighted by Gasteiger charge is -2.07. The van der Waals surface area contributed by atoms with Crippen molar-refractivity contribution in [1.29, 1.82) is 0 Å². The van der Waals surface area contributed by atoms with Gasteiger partial charge in [-0.05, 0) is 11.8 Å². The molecule has 5 heteroatoms. The van der Waals surface area contributed by atoms with E-state index in [4.69, 9.17) is 9.47 Å². The highest BCUT2D eigenvalue weighted by molar-refractivity contribution is 7.99. The smallest absolute Gasteiger partial charge is 0.306 e. The third-order valence-electron chi connectivity index (χ3n) is 2.13. The van der Waals surface area contributed by atoms with Gasteiger partial charge in [0, 0.05) is 24.3 Å². The number of thioether (sulfide) groups is 1. The van der Waals surface area contributed by atoms with Crippen LogP contribution in [-0.4, -0.2) is 36.7 Å². The molecular formula is C14H26O4S. The summed E-state index contributed by atoms with van der Waals surface area (Å²) >= 11 is 1.62. The molecule has 112 valence electrons. The molecule has 0 aromatic heterocycles. The summed E-state index contributed by atoms with van der Waals surface area (Å²) in [6.07, 6.45) is 0.939. The van der Waals surface area contributed by atoms with Crippen molar-refractivity contribution in [2.24, 2.45) is 11.8 Å². The maximum Gasteiger partial charge on any atom is 0.306 e. The summed E-state index contributed by atoms with van der Waals surface area (Å²) in [4.78, 5) is 22.5. The fraction of sp³-hybridized carbons (Fsp3) is 0.857. The van der Waals surface area contributed by atoms with Gasteiger partial charge in [0.2, 0.25) is 0 Å². The average Bonchev–Trinajstić information content (AvgIpc) is 2.25. The molecular weight excluding hydrogens is 264 g/mol. The van der Waals surface area contributed by atoms with Gasteiger partial charge in [0.25, 0.3) is 0 Å². The van der Waals surface area contributed by atoms with E-state index >= 15 is 0 Å². The molecule has 0 fully saturated rings. The number of hydrogen-bond donors (Lipinski definition) is 0. The van der Waals surface area contributed by atoms with Gasteiger partial charge in [-0.25, -0.2) is 0 Å². The first-order valence-electron chi connectivity index (χ1n) is 6.80. The standard InChI is InChI=1S/C14H26O4S/c1-11(2)9-13(15)17-5-7-19-8-6-18-14(16)10-12(3)4/h11-12H,5-10H2,1-4H3. The lowest BCUT2D eigenvalue weighted by atomic mass is 10.1. The molecule has 0 N–H and O–H groups in total. The van der Waals surface area contributed by atoms with E-state index in [9.17, 15) is 9.59 Å². The molecule has 0 amide bonds. The third-order valence-corrected chi connectivity index (χ3v) is 3.04. The van der Waals surface area contributed by atoms with Crippen LogP contribution in [0.5, 0.6) is 0 Å². The molecule has 0 unspecified atom stereocenters. The average molecular weight is 290 g/mol. The zero-order valence-electron chi connectivity index (χ0n) is 12.4. The quantitative estimate of drug-likeness (QED) is 0.457. The molecule has 0 aliphatic rings. The predicted molar refractivity (Wildman–Crippen MR) is 78.2 cm³/mol. The highest BCUT2D eigenvalue weighted by Gasteiger charge is 2.06. The number of hydrogen-bond acceptors (Lipinski definition) is 5. The molecule has 0 spiro atoms. The van der Waals surface area contributed by atoms with Crippen molar-refractivity contribution in [3.05, 3.63) is 0 Å². The second-order valence-electron chi connectivity index (χ2n) is 5.25. The summed E-state index contributed by atoms with van der Waals surface area (Å²) in [5, 5.41) is 0. The molecule has 0 saturated carbocycles. The number of carbonyl (C=O) groups is 2. The van der Waals surface area contributed by atoms with Gasteiger partial charge in [-0.15, -0.1) is 0 Å². The zero-order valence-corrected chi connectivity index (χ0v) is 13.3. The molecule has 0 aromatic rings. The summed E-state index contributed by atoms with van der Waals surface area (Å²) in [6.45, 7) is 8.80. The molecule has 0 aliphatic heterocycles. The fourth-order valence-corrected chi connectivity index (χ4v) is 1.92. The molecule has 0 saturated heterocycles. The van der Waals surface area contributed by atoms with E-state index in [0.29, 0.717) is 37.9 Å². The van der Waals surface area contributed by atoms with E-state index in [1.165, 1.54) is 0 Å². The van der Waals surface area contributed by atoms with Gasteiger partial charge < -0.3 is 9.47 Å². The molecule has 0 aliphatic carbocycles. The Morgan fingerprint density at radius 3 is 1.53 bits per heavy atom. The molecule has 4 nitrogen and oxygen atoms in total. The van der Waals surface area contributed by atoms with Crippen LogP contribution in [-0.2, 0) is 19.1 Å². The number of esters is 2. The Kier molecular flexibility index (Phi) is 10.7. The minimum atomic E-state index is -0.140. The zero-order chi connectivity index (χ0) is 14.7. The monoisotopic (exact) mass is 290 g/mol. The van der Waals surface area contributed by atoms with Gasteiger partial charge in [-0.2, -0.15) is 11.8 Å². The SMILES string of the molecule is CC(C)CC(=O)OCCSCCOC(=O)CC(C)C. The minimum Gasteiger partial charge on any atom is -0.465 e.